The van der Waals surface area contributed by atoms with Crippen molar-refractivity contribution in [3.63, 3.8) is 0 Å². The Morgan fingerprint density at radius 1 is 1.12 bits per heavy atom. The summed E-state index contributed by atoms with van der Waals surface area (Å²) in [6.45, 7) is 3.12. The summed E-state index contributed by atoms with van der Waals surface area (Å²) in [7, 11) is 0. The third-order valence-electron chi connectivity index (χ3n) is 2.63. The molecule has 0 saturated heterocycles. The van der Waals surface area contributed by atoms with Crippen LogP contribution in [-0.4, -0.2) is 4.98 Å². The van der Waals surface area contributed by atoms with E-state index < -0.39 is 0 Å². The largest absolute Gasteiger partial charge is 0.489 e. The highest BCUT2D eigenvalue weighted by Crippen LogP contribution is 2.20. The number of pyridine rings is 1. The second-order valence-electron chi connectivity index (χ2n) is 3.95. The molecule has 1 aromatic carbocycles. The van der Waals surface area contributed by atoms with Crippen LogP contribution < -0.4 is 10.5 Å². The van der Waals surface area contributed by atoms with Crippen LogP contribution >= 0.6 is 0 Å². The normalized spacial score (nSPS) is 10.2. The van der Waals surface area contributed by atoms with Gasteiger partial charge in [-0.25, -0.2) is 0 Å². The van der Waals surface area contributed by atoms with E-state index in [-0.39, 0.29) is 0 Å². The Morgan fingerprint density at radius 2 is 1.88 bits per heavy atom. The molecule has 2 N–H and O–H groups in total. The van der Waals surface area contributed by atoms with Crippen LogP contribution in [0.4, 0.5) is 0 Å². The lowest BCUT2D eigenvalue weighted by atomic mass is 10.1. The quantitative estimate of drug-likeness (QED) is 0.874. The van der Waals surface area contributed by atoms with Gasteiger partial charge in [-0.3, -0.25) is 4.98 Å². The molecule has 0 aliphatic carbocycles. The van der Waals surface area contributed by atoms with Crippen molar-refractivity contribution in [3.05, 3.63) is 59.4 Å². The number of aromatic nitrogens is 1. The van der Waals surface area contributed by atoms with Crippen LogP contribution in [0.15, 0.2) is 42.7 Å². The molecule has 0 spiro atoms. The van der Waals surface area contributed by atoms with Gasteiger partial charge >= 0.3 is 0 Å². The maximum atomic E-state index is 5.78. The van der Waals surface area contributed by atoms with Gasteiger partial charge in [-0.1, -0.05) is 12.1 Å². The van der Waals surface area contributed by atoms with E-state index >= 15 is 0 Å². The zero-order valence-electron chi connectivity index (χ0n) is 9.89. The van der Waals surface area contributed by atoms with Gasteiger partial charge in [-0.2, -0.15) is 0 Å². The van der Waals surface area contributed by atoms with Gasteiger partial charge in [0.05, 0.1) is 0 Å². The van der Waals surface area contributed by atoms with E-state index in [0.717, 1.165) is 22.4 Å². The second kappa shape index (κ2) is 5.46. The molecule has 17 heavy (non-hydrogen) atoms. The van der Waals surface area contributed by atoms with Gasteiger partial charge in [-0.15, -0.1) is 0 Å². The van der Waals surface area contributed by atoms with Crippen LogP contribution in [-0.2, 0) is 13.2 Å². The first-order valence-corrected chi connectivity index (χ1v) is 5.61. The molecule has 3 nitrogen and oxygen atoms in total. The molecule has 0 aliphatic heterocycles. The Kier molecular flexibility index (Phi) is 3.73. The minimum atomic E-state index is 0.534. The van der Waals surface area contributed by atoms with Gasteiger partial charge in [0, 0.05) is 18.9 Å². The molecular formula is C14H16N2O. The van der Waals surface area contributed by atoms with Crippen molar-refractivity contribution in [2.75, 3.05) is 0 Å². The first kappa shape index (κ1) is 11.6. The van der Waals surface area contributed by atoms with E-state index in [1.165, 1.54) is 0 Å². The van der Waals surface area contributed by atoms with Crippen LogP contribution in [0.25, 0.3) is 0 Å². The fourth-order valence-corrected chi connectivity index (χ4v) is 1.57. The molecular weight excluding hydrogens is 212 g/mol. The zero-order valence-corrected chi connectivity index (χ0v) is 9.89. The van der Waals surface area contributed by atoms with Crippen molar-refractivity contribution >= 4 is 0 Å². The van der Waals surface area contributed by atoms with Crippen molar-refractivity contribution in [2.24, 2.45) is 5.73 Å². The minimum absolute atomic E-state index is 0.534. The predicted molar refractivity (Wildman–Crippen MR) is 67.6 cm³/mol. The minimum Gasteiger partial charge on any atom is -0.489 e. The van der Waals surface area contributed by atoms with Crippen molar-refractivity contribution in [3.8, 4) is 5.75 Å². The highest BCUT2D eigenvalue weighted by atomic mass is 16.5. The second-order valence-corrected chi connectivity index (χ2v) is 3.95. The van der Waals surface area contributed by atoms with E-state index in [1.807, 2.05) is 37.3 Å². The van der Waals surface area contributed by atoms with Crippen LogP contribution in [0.5, 0.6) is 5.75 Å². The molecule has 0 atom stereocenters. The van der Waals surface area contributed by atoms with E-state index in [1.54, 1.807) is 12.4 Å². The Hall–Kier alpha value is -1.87. The molecule has 1 heterocycles. The van der Waals surface area contributed by atoms with Gasteiger partial charge in [0.1, 0.15) is 12.4 Å². The van der Waals surface area contributed by atoms with Crippen molar-refractivity contribution in [2.45, 2.75) is 20.1 Å². The Morgan fingerprint density at radius 3 is 2.59 bits per heavy atom. The fraction of sp³-hybridized carbons (Fsp3) is 0.214. The van der Waals surface area contributed by atoms with Crippen molar-refractivity contribution < 1.29 is 4.74 Å². The number of nitrogens with zero attached hydrogens (tertiary/aromatic N) is 1. The lowest BCUT2D eigenvalue weighted by molar-refractivity contribution is 0.303. The summed E-state index contributed by atoms with van der Waals surface area (Å²) in [5, 5.41) is 0. The maximum absolute atomic E-state index is 5.78. The molecule has 0 fully saturated rings. The Balaban J connectivity index is 2.08. The fourth-order valence-electron chi connectivity index (χ4n) is 1.57. The standard InChI is InChI=1S/C14H16N2O/c1-11-2-3-13(9-15)8-14(11)17-10-12-4-6-16-7-5-12/h2-8H,9-10,15H2,1H3. The monoisotopic (exact) mass is 228 g/mol. The van der Waals surface area contributed by atoms with Crippen LogP contribution in [0.2, 0.25) is 0 Å². The Labute approximate surface area is 101 Å². The van der Waals surface area contributed by atoms with Gasteiger partial charge in [0.2, 0.25) is 0 Å². The van der Waals surface area contributed by atoms with Crippen molar-refractivity contribution in [1.29, 1.82) is 0 Å². The highest BCUT2D eigenvalue weighted by molar-refractivity contribution is 5.36. The van der Waals surface area contributed by atoms with Crippen LogP contribution in [0.3, 0.4) is 0 Å². The number of nitrogens with two attached hydrogens (primary N) is 1. The average molecular weight is 228 g/mol. The summed E-state index contributed by atoms with van der Waals surface area (Å²) in [4.78, 5) is 3.97. The molecule has 0 unspecified atom stereocenters. The molecule has 2 aromatic rings. The van der Waals surface area contributed by atoms with E-state index in [9.17, 15) is 0 Å². The molecule has 2 rings (SSSR count). The van der Waals surface area contributed by atoms with E-state index in [0.29, 0.717) is 13.2 Å². The predicted octanol–water partition coefficient (Wildman–Crippen LogP) is 2.43. The summed E-state index contributed by atoms with van der Waals surface area (Å²) in [5.41, 5.74) is 8.93. The molecule has 3 heteroatoms. The topological polar surface area (TPSA) is 48.1 Å². The van der Waals surface area contributed by atoms with Crippen LogP contribution in [0.1, 0.15) is 16.7 Å². The molecule has 0 radical (unpaired) electrons. The smallest absolute Gasteiger partial charge is 0.123 e. The molecule has 0 bridgehead atoms. The van der Waals surface area contributed by atoms with Gasteiger partial charge in [-0.05, 0) is 41.8 Å². The molecule has 0 aliphatic rings. The highest BCUT2D eigenvalue weighted by Gasteiger charge is 2.01. The summed E-state index contributed by atoms with van der Waals surface area (Å²) in [6, 6.07) is 9.94. The molecule has 88 valence electrons. The van der Waals surface area contributed by atoms with Crippen LogP contribution in [0, 0.1) is 6.92 Å². The third kappa shape index (κ3) is 3.04. The van der Waals surface area contributed by atoms with Gasteiger partial charge in [0.15, 0.2) is 0 Å². The number of aryl methyl sites for hydroxylation is 1. The van der Waals surface area contributed by atoms with Gasteiger partial charge in [0.25, 0.3) is 0 Å². The summed E-state index contributed by atoms with van der Waals surface area (Å²) in [6.07, 6.45) is 3.53. The first-order valence-electron chi connectivity index (χ1n) is 5.61. The number of ether oxygens (including phenoxy) is 1. The average Bonchev–Trinajstić information content (AvgIpc) is 2.39. The zero-order chi connectivity index (χ0) is 12.1. The lowest BCUT2D eigenvalue weighted by Crippen LogP contribution is -2.00. The number of hydrogen-bond donors (Lipinski definition) is 1. The third-order valence-corrected chi connectivity index (χ3v) is 2.63. The summed E-state index contributed by atoms with van der Waals surface area (Å²) >= 11 is 0. The van der Waals surface area contributed by atoms with Gasteiger partial charge < -0.3 is 10.5 Å². The first-order chi connectivity index (χ1) is 8.29. The summed E-state index contributed by atoms with van der Waals surface area (Å²) < 4.78 is 5.78. The SMILES string of the molecule is Cc1ccc(CN)cc1OCc1ccncc1. The molecule has 0 amide bonds. The van der Waals surface area contributed by atoms with Crippen molar-refractivity contribution in [1.82, 2.24) is 4.98 Å². The number of rotatable bonds is 4. The number of hydrogen-bond acceptors (Lipinski definition) is 3. The summed E-state index contributed by atoms with van der Waals surface area (Å²) in [5.74, 6) is 0.893. The Bertz CT molecular complexity index is 483. The number of benzene rings is 1. The molecule has 0 saturated carbocycles. The molecule has 1 aromatic heterocycles. The van der Waals surface area contributed by atoms with E-state index in [2.05, 4.69) is 4.98 Å². The maximum Gasteiger partial charge on any atom is 0.123 e. The lowest BCUT2D eigenvalue weighted by Gasteiger charge is -2.10. The van der Waals surface area contributed by atoms with E-state index in [4.69, 9.17) is 10.5 Å².